The predicted molar refractivity (Wildman–Crippen MR) is 100 cm³/mol. The van der Waals surface area contributed by atoms with Gasteiger partial charge in [0.05, 0.1) is 11.6 Å². The summed E-state index contributed by atoms with van der Waals surface area (Å²) >= 11 is 0. The normalized spacial score (nSPS) is 17.8. The van der Waals surface area contributed by atoms with Crippen LogP contribution in [-0.2, 0) is 17.9 Å². The van der Waals surface area contributed by atoms with E-state index >= 15 is 0 Å². The van der Waals surface area contributed by atoms with E-state index in [9.17, 15) is 9.90 Å². The second-order valence-electron chi connectivity index (χ2n) is 7.08. The Kier molecular flexibility index (Phi) is 5.89. The fourth-order valence-electron chi connectivity index (χ4n) is 3.65. The van der Waals surface area contributed by atoms with Crippen LogP contribution in [0, 0.1) is 19.8 Å². The van der Waals surface area contributed by atoms with Gasteiger partial charge in [0.15, 0.2) is 0 Å². The maximum Gasteiger partial charge on any atom is 0.307 e. The summed E-state index contributed by atoms with van der Waals surface area (Å²) in [5.74, 6) is -0.0197. The number of aromatic nitrogens is 1. The fourth-order valence-corrected chi connectivity index (χ4v) is 3.65. The minimum Gasteiger partial charge on any atom is -0.487 e. The van der Waals surface area contributed by atoms with Crippen LogP contribution in [0.4, 0.5) is 0 Å². The van der Waals surface area contributed by atoms with Crippen LogP contribution in [0.1, 0.15) is 35.2 Å². The van der Waals surface area contributed by atoms with Crippen molar-refractivity contribution in [2.24, 2.45) is 5.92 Å². The number of pyridine rings is 1. The molecule has 0 bridgehead atoms. The molecule has 1 aromatic heterocycles. The van der Waals surface area contributed by atoms with E-state index in [1.165, 1.54) is 5.56 Å². The molecular weight excluding hydrogens is 328 g/mol. The molecule has 1 aliphatic rings. The van der Waals surface area contributed by atoms with Crippen molar-refractivity contribution in [2.75, 3.05) is 13.1 Å². The van der Waals surface area contributed by atoms with Crippen LogP contribution >= 0.6 is 0 Å². The number of ether oxygens (including phenoxy) is 1. The third-order valence-electron chi connectivity index (χ3n) is 4.87. The third-order valence-corrected chi connectivity index (χ3v) is 4.87. The number of carboxylic acid groups (broad SMARTS) is 1. The topological polar surface area (TPSA) is 62.7 Å². The summed E-state index contributed by atoms with van der Waals surface area (Å²) in [6, 6.07) is 10.1. The third kappa shape index (κ3) is 4.61. The lowest BCUT2D eigenvalue weighted by Gasteiger charge is -2.30. The highest BCUT2D eigenvalue weighted by molar-refractivity contribution is 5.70. The number of aryl methyl sites for hydroxylation is 2. The van der Waals surface area contributed by atoms with Crippen molar-refractivity contribution in [1.29, 1.82) is 0 Å². The number of piperidine rings is 1. The van der Waals surface area contributed by atoms with E-state index in [0.29, 0.717) is 13.2 Å². The first-order chi connectivity index (χ1) is 12.5. The first-order valence-electron chi connectivity index (χ1n) is 9.11. The van der Waals surface area contributed by atoms with Gasteiger partial charge in [0.2, 0.25) is 0 Å². The van der Waals surface area contributed by atoms with Gasteiger partial charge in [0, 0.05) is 19.3 Å². The number of likely N-dealkylation sites (tertiary alicyclic amines) is 1. The van der Waals surface area contributed by atoms with Gasteiger partial charge in [-0.2, -0.15) is 0 Å². The molecule has 1 unspecified atom stereocenters. The Labute approximate surface area is 154 Å². The maximum atomic E-state index is 11.2. The summed E-state index contributed by atoms with van der Waals surface area (Å²) in [6.07, 6.45) is 3.49. The van der Waals surface area contributed by atoms with Crippen molar-refractivity contribution in [1.82, 2.24) is 9.88 Å². The van der Waals surface area contributed by atoms with Crippen LogP contribution in [0.5, 0.6) is 5.75 Å². The monoisotopic (exact) mass is 354 g/mol. The number of carboxylic acids is 1. The predicted octanol–water partition coefficient (Wildman–Crippen LogP) is 3.57. The molecule has 5 heteroatoms. The first-order valence-corrected chi connectivity index (χ1v) is 9.11. The smallest absolute Gasteiger partial charge is 0.307 e. The van der Waals surface area contributed by atoms with Gasteiger partial charge in [0.25, 0.3) is 0 Å². The standard InChI is InChI=1S/C21H26N2O3/c1-15-10-17(12-23-9-5-6-18(13-23)21(24)25)11-16(2)20(15)26-14-19-7-3-4-8-22-19/h3-4,7-8,10-11,18H,5-6,9,12-14H2,1-2H3,(H,24,25). The highest BCUT2D eigenvalue weighted by Crippen LogP contribution is 2.27. The number of benzene rings is 1. The Morgan fingerprint density at radius 1 is 1.31 bits per heavy atom. The summed E-state index contributed by atoms with van der Waals surface area (Å²) in [5.41, 5.74) is 4.31. The molecule has 138 valence electrons. The Balaban J connectivity index is 1.66. The quantitative estimate of drug-likeness (QED) is 0.859. The van der Waals surface area contributed by atoms with Gasteiger partial charge in [-0.25, -0.2) is 0 Å². The van der Waals surface area contributed by atoms with E-state index in [1.54, 1.807) is 6.20 Å². The average molecular weight is 354 g/mol. The summed E-state index contributed by atoms with van der Waals surface area (Å²) < 4.78 is 5.99. The van der Waals surface area contributed by atoms with Crippen molar-refractivity contribution >= 4 is 5.97 Å². The van der Waals surface area contributed by atoms with Crippen LogP contribution in [0.25, 0.3) is 0 Å². The molecule has 5 nitrogen and oxygen atoms in total. The van der Waals surface area contributed by atoms with E-state index in [4.69, 9.17) is 4.74 Å². The highest BCUT2D eigenvalue weighted by Gasteiger charge is 2.25. The number of hydrogen-bond donors (Lipinski definition) is 1. The lowest BCUT2D eigenvalue weighted by Crippen LogP contribution is -2.38. The Morgan fingerprint density at radius 3 is 2.73 bits per heavy atom. The molecule has 1 saturated heterocycles. The van der Waals surface area contributed by atoms with E-state index in [1.807, 2.05) is 18.2 Å². The van der Waals surface area contributed by atoms with Crippen molar-refractivity contribution < 1.29 is 14.6 Å². The van der Waals surface area contributed by atoms with Gasteiger partial charge in [-0.3, -0.25) is 14.7 Å². The zero-order valence-corrected chi connectivity index (χ0v) is 15.4. The van der Waals surface area contributed by atoms with Crippen molar-refractivity contribution in [3.63, 3.8) is 0 Å². The molecule has 0 spiro atoms. The van der Waals surface area contributed by atoms with Gasteiger partial charge in [-0.15, -0.1) is 0 Å². The molecular formula is C21H26N2O3. The molecule has 0 aliphatic carbocycles. The van der Waals surface area contributed by atoms with Crippen LogP contribution in [0.15, 0.2) is 36.5 Å². The molecule has 1 N–H and O–H groups in total. The number of hydrogen-bond acceptors (Lipinski definition) is 4. The van der Waals surface area contributed by atoms with Gasteiger partial charge in [-0.05, 0) is 62.1 Å². The Hall–Kier alpha value is -2.40. The van der Waals surface area contributed by atoms with Crippen LogP contribution in [-0.4, -0.2) is 34.0 Å². The van der Waals surface area contributed by atoms with Gasteiger partial charge in [0.1, 0.15) is 12.4 Å². The molecule has 1 fully saturated rings. The minimum absolute atomic E-state index is 0.244. The molecule has 3 rings (SSSR count). The molecule has 2 aromatic rings. The molecule has 0 amide bonds. The zero-order valence-electron chi connectivity index (χ0n) is 15.4. The second-order valence-corrected chi connectivity index (χ2v) is 7.08. The van der Waals surface area contributed by atoms with Gasteiger partial charge in [-0.1, -0.05) is 18.2 Å². The lowest BCUT2D eigenvalue weighted by atomic mass is 9.97. The molecule has 2 heterocycles. The lowest BCUT2D eigenvalue weighted by molar-refractivity contribution is -0.143. The SMILES string of the molecule is Cc1cc(CN2CCCC(C(=O)O)C2)cc(C)c1OCc1ccccn1. The molecule has 26 heavy (non-hydrogen) atoms. The van der Waals surface area contributed by atoms with Crippen molar-refractivity contribution in [3.8, 4) is 5.75 Å². The van der Waals surface area contributed by atoms with Crippen LogP contribution in [0.2, 0.25) is 0 Å². The molecule has 0 saturated carbocycles. The summed E-state index contributed by atoms with van der Waals surface area (Å²) in [7, 11) is 0. The van der Waals surface area contributed by atoms with E-state index in [-0.39, 0.29) is 5.92 Å². The maximum absolute atomic E-state index is 11.2. The summed E-state index contributed by atoms with van der Waals surface area (Å²) in [4.78, 5) is 17.8. The van der Waals surface area contributed by atoms with E-state index < -0.39 is 5.97 Å². The fraction of sp³-hybridized carbons (Fsp3) is 0.429. The number of aliphatic carboxylic acids is 1. The van der Waals surface area contributed by atoms with Gasteiger partial charge >= 0.3 is 5.97 Å². The highest BCUT2D eigenvalue weighted by atomic mass is 16.5. The van der Waals surface area contributed by atoms with Crippen molar-refractivity contribution in [2.45, 2.75) is 39.8 Å². The Morgan fingerprint density at radius 2 is 2.08 bits per heavy atom. The van der Waals surface area contributed by atoms with Crippen molar-refractivity contribution in [3.05, 3.63) is 58.9 Å². The number of rotatable bonds is 6. The van der Waals surface area contributed by atoms with E-state index in [0.717, 1.165) is 48.5 Å². The molecule has 1 aromatic carbocycles. The minimum atomic E-state index is -0.680. The second kappa shape index (κ2) is 8.32. The van der Waals surface area contributed by atoms with Crippen LogP contribution < -0.4 is 4.74 Å². The Bertz CT molecular complexity index is 738. The molecule has 0 radical (unpaired) electrons. The first kappa shape index (κ1) is 18.4. The van der Waals surface area contributed by atoms with Gasteiger partial charge < -0.3 is 9.84 Å². The number of nitrogens with zero attached hydrogens (tertiary/aromatic N) is 2. The average Bonchev–Trinajstić information content (AvgIpc) is 2.62. The zero-order chi connectivity index (χ0) is 18.5. The van der Waals surface area contributed by atoms with E-state index in [2.05, 4.69) is 35.9 Å². The summed E-state index contributed by atoms with van der Waals surface area (Å²) in [5, 5.41) is 9.25. The molecule has 1 aliphatic heterocycles. The van der Waals surface area contributed by atoms with Crippen LogP contribution in [0.3, 0.4) is 0 Å². The largest absolute Gasteiger partial charge is 0.487 e. The number of carbonyl (C=O) groups is 1. The summed E-state index contributed by atoms with van der Waals surface area (Å²) in [6.45, 7) is 6.94. The molecule has 1 atom stereocenters.